The van der Waals surface area contributed by atoms with Crippen LogP contribution in [0, 0.1) is 11.7 Å². The van der Waals surface area contributed by atoms with Crippen LogP contribution >= 0.6 is 0 Å². The number of rotatable bonds is 4. The fourth-order valence-corrected chi connectivity index (χ4v) is 3.97. The van der Waals surface area contributed by atoms with Gasteiger partial charge in [0.2, 0.25) is 5.91 Å². The highest BCUT2D eigenvalue weighted by molar-refractivity contribution is 5.95. The van der Waals surface area contributed by atoms with Gasteiger partial charge in [-0.05, 0) is 49.8 Å². The van der Waals surface area contributed by atoms with Gasteiger partial charge in [-0.15, -0.1) is 10.2 Å². The van der Waals surface area contributed by atoms with E-state index in [9.17, 15) is 9.18 Å². The third-order valence-electron chi connectivity index (χ3n) is 5.66. The maximum Gasteiger partial charge on any atom is 0.241 e. The number of aryl methyl sites for hydroxylation is 1. The molecule has 0 bridgehead atoms. The summed E-state index contributed by atoms with van der Waals surface area (Å²) in [5.41, 5.74) is 7.00. The molecule has 1 amide bonds. The monoisotopic (exact) mass is 387 g/mol. The largest absolute Gasteiger partial charge is 0.381 e. The summed E-state index contributed by atoms with van der Waals surface area (Å²) in [6.07, 6.45) is 5.62. The second kappa shape index (κ2) is 8.36. The molecule has 4 rings (SSSR count). The highest BCUT2D eigenvalue weighted by atomic mass is 19.1. The van der Waals surface area contributed by atoms with Gasteiger partial charge in [0.1, 0.15) is 11.6 Å². The zero-order valence-corrected chi connectivity index (χ0v) is 15.9. The van der Waals surface area contributed by atoms with Crippen molar-refractivity contribution in [2.45, 2.75) is 51.1 Å². The molecule has 2 aromatic rings. The van der Waals surface area contributed by atoms with E-state index in [2.05, 4.69) is 15.5 Å². The van der Waals surface area contributed by atoms with E-state index in [4.69, 9.17) is 10.5 Å². The first-order valence-corrected chi connectivity index (χ1v) is 9.99. The summed E-state index contributed by atoms with van der Waals surface area (Å²) < 4.78 is 21.9. The van der Waals surface area contributed by atoms with Gasteiger partial charge < -0.3 is 20.4 Å². The predicted molar refractivity (Wildman–Crippen MR) is 103 cm³/mol. The van der Waals surface area contributed by atoms with Crippen LogP contribution in [0.4, 0.5) is 10.1 Å². The lowest BCUT2D eigenvalue weighted by molar-refractivity contribution is -0.119. The fourth-order valence-electron chi connectivity index (χ4n) is 3.97. The number of nitrogens with one attached hydrogen (secondary N) is 1. The Kier molecular flexibility index (Phi) is 5.68. The predicted octanol–water partition coefficient (Wildman–Crippen LogP) is 2.50. The average molecular weight is 387 g/mol. The van der Waals surface area contributed by atoms with Gasteiger partial charge in [-0.1, -0.05) is 6.42 Å². The number of carbonyl (C=O) groups is 1. The van der Waals surface area contributed by atoms with E-state index in [1.807, 2.05) is 4.57 Å². The molecule has 8 heteroatoms. The zero-order valence-electron chi connectivity index (χ0n) is 15.9. The van der Waals surface area contributed by atoms with E-state index in [1.54, 1.807) is 12.1 Å². The Balaban J connectivity index is 1.54. The van der Waals surface area contributed by atoms with E-state index in [0.29, 0.717) is 30.3 Å². The van der Waals surface area contributed by atoms with Crippen molar-refractivity contribution in [2.24, 2.45) is 11.7 Å². The molecule has 0 aliphatic carbocycles. The third kappa shape index (κ3) is 3.93. The Hall–Kier alpha value is -2.32. The van der Waals surface area contributed by atoms with Crippen molar-refractivity contribution in [3.8, 4) is 11.4 Å². The summed E-state index contributed by atoms with van der Waals surface area (Å²) in [6.45, 7) is 2.04. The standard InChI is InChI=1S/C20H26FN5O2/c21-16-6-5-14(23-20(27)18(22)13-7-10-28-11-8-13)12-15(16)19-25-24-17-4-2-1-3-9-26(17)19/h5-6,12-13,18H,1-4,7-11,22H2,(H,23,27). The topological polar surface area (TPSA) is 95.1 Å². The molecule has 1 fully saturated rings. The van der Waals surface area contributed by atoms with E-state index >= 15 is 0 Å². The number of anilines is 1. The number of nitrogens with two attached hydrogens (primary N) is 1. The van der Waals surface area contributed by atoms with Crippen LogP contribution in [0.1, 0.15) is 37.9 Å². The van der Waals surface area contributed by atoms with Crippen molar-refractivity contribution >= 4 is 11.6 Å². The van der Waals surface area contributed by atoms with Crippen LogP contribution in [-0.2, 0) is 22.5 Å². The molecular formula is C20H26FN5O2. The molecule has 1 atom stereocenters. The van der Waals surface area contributed by atoms with E-state index < -0.39 is 6.04 Å². The van der Waals surface area contributed by atoms with Crippen LogP contribution in [0.5, 0.6) is 0 Å². The SMILES string of the molecule is NC(C(=O)Nc1ccc(F)c(-c2nnc3n2CCCCC3)c1)C1CCOCC1. The fraction of sp³-hybridized carbons (Fsp3) is 0.550. The molecule has 1 saturated heterocycles. The molecule has 1 aromatic heterocycles. The van der Waals surface area contributed by atoms with Crippen LogP contribution in [0.25, 0.3) is 11.4 Å². The van der Waals surface area contributed by atoms with Crippen LogP contribution in [0.15, 0.2) is 18.2 Å². The first-order chi connectivity index (χ1) is 13.6. The summed E-state index contributed by atoms with van der Waals surface area (Å²) in [5.74, 6) is 0.860. The number of amides is 1. The summed E-state index contributed by atoms with van der Waals surface area (Å²) >= 11 is 0. The maximum atomic E-state index is 14.6. The summed E-state index contributed by atoms with van der Waals surface area (Å²) in [6, 6.07) is 3.91. The highest BCUT2D eigenvalue weighted by Gasteiger charge is 2.27. The number of halogens is 1. The quantitative estimate of drug-likeness (QED) is 0.840. The van der Waals surface area contributed by atoms with Crippen LogP contribution in [0.2, 0.25) is 0 Å². The Morgan fingerprint density at radius 3 is 2.89 bits per heavy atom. The number of aromatic nitrogens is 3. The molecule has 2 aliphatic rings. The van der Waals surface area contributed by atoms with Crippen LogP contribution in [-0.4, -0.2) is 39.9 Å². The van der Waals surface area contributed by atoms with Crippen molar-refractivity contribution in [3.05, 3.63) is 29.8 Å². The highest BCUT2D eigenvalue weighted by Crippen LogP contribution is 2.28. The Bertz CT molecular complexity index is 847. The van der Waals surface area contributed by atoms with Gasteiger partial charge in [0, 0.05) is 31.9 Å². The summed E-state index contributed by atoms with van der Waals surface area (Å²) in [5, 5.41) is 11.3. The normalized spacial score (nSPS) is 18.9. The van der Waals surface area contributed by atoms with Crippen molar-refractivity contribution < 1.29 is 13.9 Å². The first-order valence-electron chi connectivity index (χ1n) is 9.99. The van der Waals surface area contributed by atoms with Gasteiger partial charge >= 0.3 is 0 Å². The minimum absolute atomic E-state index is 0.0981. The molecule has 28 heavy (non-hydrogen) atoms. The minimum Gasteiger partial charge on any atom is -0.381 e. The molecule has 7 nitrogen and oxygen atoms in total. The number of fused-ring (bicyclic) bond motifs is 1. The van der Waals surface area contributed by atoms with E-state index in [-0.39, 0.29) is 17.6 Å². The third-order valence-corrected chi connectivity index (χ3v) is 5.66. The lowest BCUT2D eigenvalue weighted by Crippen LogP contribution is -2.44. The summed E-state index contributed by atoms with van der Waals surface area (Å²) in [4.78, 5) is 12.6. The Labute approximate surface area is 163 Å². The summed E-state index contributed by atoms with van der Waals surface area (Å²) in [7, 11) is 0. The minimum atomic E-state index is -0.609. The second-order valence-corrected chi connectivity index (χ2v) is 7.56. The molecule has 1 aromatic carbocycles. The van der Waals surface area contributed by atoms with Gasteiger partial charge in [-0.2, -0.15) is 0 Å². The molecule has 2 aliphatic heterocycles. The number of nitrogens with zero attached hydrogens (tertiary/aromatic N) is 3. The van der Waals surface area contributed by atoms with Gasteiger partial charge in [-0.3, -0.25) is 4.79 Å². The number of benzene rings is 1. The lowest BCUT2D eigenvalue weighted by Gasteiger charge is -2.26. The van der Waals surface area contributed by atoms with Gasteiger partial charge in [0.05, 0.1) is 11.6 Å². The van der Waals surface area contributed by atoms with Crippen molar-refractivity contribution in [1.82, 2.24) is 14.8 Å². The van der Waals surface area contributed by atoms with Crippen molar-refractivity contribution in [2.75, 3.05) is 18.5 Å². The molecule has 0 spiro atoms. The Morgan fingerprint density at radius 2 is 2.07 bits per heavy atom. The lowest BCUT2D eigenvalue weighted by atomic mass is 9.92. The molecule has 0 radical (unpaired) electrons. The zero-order chi connectivity index (χ0) is 19.5. The van der Waals surface area contributed by atoms with Crippen LogP contribution < -0.4 is 11.1 Å². The molecule has 1 unspecified atom stereocenters. The number of hydrogen-bond acceptors (Lipinski definition) is 5. The molecule has 3 N–H and O–H groups in total. The van der Waals surface area contributed by atoms with E-state index in [1.165, 1.54) is 6.07 Å². The van der Waals surface area contributed by atoms with Gasteiger partial charge in [0.15, 0.2) is 5.82 Å². The average Bonchev–Trinajstić information content (AvgIpc) is 2.97. The van der Waals surface area contributed by atoms with Crippen molar-refractivity contribution in [3.63, 3.8) is 0 Å². The molecular weight excluding hydrogens is 361 g/mol. The van der Waals surface area contributed by atoms with E-state index in [0.717, 1.165) is 50.9 Å². The first kappa shape index (κ1) is 19.0. The number of ether oxygens (including phenoxy) is 1. The number of hydrogen-bond donors (Lipinski definition) is 2. The Morgan fingerprint density at radius 1 is 1.25 bits per heavy atom. The van der Waals surface area contributed by atoms with Gasteiger partial charge in [0.25, 0.3) is 0 Å². The van der Waals surface area contributed by atoms with Crippen molar-refractivity contribution in [1.29, 1.82) is 0 Å². The molecule has 3 heterocycles. The second-order valence-electron chi connectivity index (χ2n) is 7.56. The van der Waals surface area contributed by atoms with Gasteiger partial charge in [-0.25, -0.2) is 4.39 Å². The number of carbonyl (C=O) groups excluding carboxylic acids is 1. The maximum absolute atomic E-state index is 14.6. The molecule has 0 saturated carbocycles. The van der Waals surface area contributed by atoms with Crippen LogP contribution in [0.3, 0.4) is 0 Å². The molecule has 150 valence electrons. The smallest absolute Gasteiger partial charge is 0.241 e.